The summed E-state index contributed by atoms with van der Waals surface area (Å²) in [6, 6.07) is 7.66. The van der Waals surface area contributed by atoms with Crippen LogP contribution >= 0.6 is 23.2 Å². The Labute approximate surface area is 208 Å². The van der Waals surface area contributed by atoms with Gasteiger partial charge in [0.05, 0.1) is 16.1 Å². The highest BCUT2D eigenvalue weighted by molar-refractivity contribution is 6.41. The summed E-state index contributed by atoms with van der Waals surface area (Å²) >= 11 is 12.7. The minimum atomic E-state index is -0.430. The standard InChI is InChI=1S/C25H27Cl2N5O2/c1-5-16-9-8-10-17(6-2)21(16)32-24-18(13-19(26)22(27)28-24)23(29-25(32)34)31-12-11-30(14-15(31)4)20(33)7-3/h7-10,13,15H,3,5-6,11-12,14H2,1-2,4H3/t15-/m0/s1. The van der Waals surface area contributed by atoms with Crippen molar-refractivity contribution in [3.8, 4) is 5.69 Å². The second-order valence-electron chi connectivity index (χ2n) is 8.35. The maximum Gasteiger partial charge on any atom is 0.355 e. The Balaban J connectivity index is 1.96. The molecule has 1 amide bonds. The van der Waals surface area contributed by atoms with Gasteiger partial charge < -0.3 is 9.80 Å². The lowest BCUT2D eigenvalue weighted by atomic mass is 10.0. The fourth-order valence-corrected chi connectivity index (χ4v) is 4.89. The quantitative estimate of drug-likeness (QED) is 0.383. The number of hydrogen-bond acceptors (Lipinski definition) is 5. The number of para-hydroxylation sites is 1. The molecule has 0 radical (unpaired) electrons. The second-order valence-corrected chi connectivity index (χ2v) is 9.11. The van der Waals surface area contributed by atoms with Gasteiger partial charge in [-0.05, 0) is 43.0 Å². The number of hydrogen-bond donors (Lipinski definition) is 0. The third-order valence-electron chi connectivity index (χ3n) is 6.33. The number of aryl methyl sites for hydroxylation is 2. The van der Waals surface area contributed by atoms with Crippen molar-refractivity contribution >= 4 is 46.0 Å². The van der Waals surface area contributed by atoms with Crippen LogP contribution in [0.5, 0.6) is 0 Å². The summed E-state index contributed by atoms with van der Waals surface area (Å²) in [5, 5.41) is 1.05. The van der Waals surface area contributed by atoms with Crippen LogP contribution in [0.15, 0.2) is 41.7 Å². The molecule has 1 aliphatic heterocycles. The average molecular weight is 500 g/mol. The first-order chi connectivity index (χ1) is 16.3. The molecule has 34 heavy (non-hydrogen) atoms. The van der Waals surface area contributed by atoms with E-state index in [1.165, 1.54) is 6.08 Å². The van der Waals surface area contributed by atoms with Crippen LogP contribution in [0.25, 0.3) is 16.7 Å². The van der Waals surface area contributed by atoms with Crippen molar-refractivity contribution in [2.75, 3.05) is 24.5 Å². The topological polar surface area (TPSA) is 71.3 Å². The van der Waals surface area contributed by atoms with Gasteiger partial charge in [0.25, 0.3) is 0 Å². The van der Waals surface area contributed by atoms with Gasteiger partial charge in [-0.3, -0.25) is 4.79 Å². The highest BCUT2D eigenvalue weighted by Crippen LogP contribution is 2.33. The van der Waals surface area contributed by atoms with E-state index in [0.717, 1.165) is 29.7 Å². The van der Waals surface area contributed by atoms with E-state index in [9.17, 15) is 9.59 Å². The number of piperazine rings is 1. The molecule has 0 aliphatic carbocycles. The van der Waals surface area contributed by atoms with Gasteiger partial charge >= 0.3 is 5.69 Å². The summed E-state index contributed by atoms with van der Waals surface area (Å²) < 4.78 is 1.56. The number of carbonyl (C=O) groups excluding carboxylic acids is 1. The Morgan fingerprint density at radius 2 is 1.85 bits per heavy atom. The Bertz CT molecular complexity index is 1310. The van der Waals surface area contributed by atoms with E-state index in [4.69, 9.17) is 23.2 Å². The number of aromatic nitrogens is 3. The molecule has 178 valence electrons. The van der Waals surface area contributed by atoms with Crippen LogP contribution < -0.4 is 10.6 Å². The Morgan fingerprint density at radius 3 is 2.44 bits per heavy atom. The summed E-state index contributed by atoms with van der Waals surface area (Å²) in [5.74, 6) is 0.382. The first-order valence-corrected chi connectivity index (χ1v) is 12.1. The molecule has 0 N–H and O–H groups in total. The molecule has 0 bridgehead atoms. The lowest BCUT2D eigenvalue weighted by Gasteiger charge is -2.40. The van der Waals surface area contributed by atoms with Gasteiger partial charge in [0.2, 0.25) is 5.91 Å². The Kier molecular flexibility index (Phi) is 6.96. The lowest BCUT2D eigenvalue weighted by Crippen LogP contribution is -2.54. The maximum absolute atomic E-state index is 13.6. The van der Waals surface area contributed by atoms with Crippen molar-refractivity contribution in [2.24, 2.45) is 0 Å². The van der Waals surface area contributed by atoms with Crippen LogP contribution in [0, 0.1) is 0 Å². The zero-order valence-electron chi connectivity index (χ0n) is 19.5. The minimum Gasteiger partial charge on any atom is -0.350 e. The first kappa shape index (κ1) is 24.2. The van der Waals surface area contributed by atoms with Crippen LogP contribution in [0.4, 0.5) is 5.82 Å². The molecule has 4 rings (SSSR count). The van der Waals surface area contributed by atoms with Crippen LogP contribution in [0.2, 0.25) is 10.2 Å². The third-order valence-corrected chi connectivity index (χ3v) is 7.01. The van der Waals surface area contributed by atoms with Crippen LogP contribution in [-0.2, 0) is 17.6 Å². The first-order valence-electron chi connectivity index (χ1n) is 11.4. The molecule has 0 unspecified atom stereocenters. The van der Waals surface area contributed by atoms with Gasteiger partial charge in [-0.1, -0.05) is 61.8 Å². The molecule has 0 saturated carbocycles. The van der Waals surface area contributed by atoms with E-state index >= 15 is 0 Å². The Morgan fingerprint density at radius 1 is 1.18 bits per heavy atom. The number of benzene rings is 1. The van der Waals surface area contributed by atoms with E-state index in [-0.39, 0.29) is 22.1 Å². The summed E-state index contributed by atoms with van der Waals surface area (Å²) in [7, 11) is 0. The van der Waals surface area contributed by atoms with Gasteiger partial charge in [0.15, 0.2) is 5.65 Å². The van der Waals surface area contributed by atoms with Crippen molar-refractivity contribution < 1.29 is 4.79 Å². The molecule has 1 atom stereocenters. The normalized spacial score (nSPS) is 16.2. The maximum atomic E-state index is 13.6. The third kappa shape index (κ3) is 4.18. The zero-order valence-corrected chi connectivity index (χ0v) is 21.0. The minimum absolute atomic E-state index is 0.0767. The van der Waals surface area contributed by atoms with Crippen LogP contribution in [-0.4, -0.2) is 51.0 Å². The molecule has 3 heterocycles. The van der Waals surface area contributed by atoms with E-state index in [2.05, 4.69) is 30.4 Å². The summed E-state index contributed by atoms with van der Waals surface area (Å²) in [4.78, 5) is 38.5. The van der Waals surface area contributed by atoms with Gasteiger partial charge in [0, 0.05) is 25.7 Å². The Hall–Kier alpha value is -2.90. The van der Waals surface area contributed by atoms with Gasteiger partial charge in [-0.2, -0.15) is 4.98 Å². The second kappa shape index (κ2) is 9.76. The van der Waals surface area contributed by atoms with E-state index < -0.39 is 5.69 Å². The molecule has 7 nitrogen and oxygen atoms in total. The fourth-order valence-electron chi connectivity index (χ4n) is 4.61. The number of pyridine rings is 1. The van der Waals surface area contributed by atoms with Gasteiger partial charge in [-0.15, -0.1) is 0 Å². The highest BCUT2D eigenvalue weighted by Gasteiger charge is 2.30. The molecular formula is C25H27Cl2N5O2. The predicted octanol–water partition coefficient (Wildman–Crippen LogP) is 4.44. The molecule has 3 aromatic rings. The summed E-state index contributed by atoms with van der Waals surface area (Å²) in [5.41, 5.74) is 2.82. The van der Waals surface area contributed by atoms with E-state index in [1.54, 1.807) is 15.5 Å². The van der Waals surface area contributed by atoms with Crippen LogP contribution in [0.3, 0.4) is 0 Å². The molecule has 2 aromatic heterocycles. The molecule has 1 saturated heterocycles. The number of halogens is 2. The highest BCUT2D eigenvalue weighted by atomic mass is 35.5. The number of fused-ring (bicyclic) bond motifs is 1. The molecule has 0 spiro atoms. The average Bonchev–Trinajstić information content (AvgIpc) is 2.84. The number of rotatable bonds is 5. The van der Waals surface area contributed by atoms with Crippen molar-refractivity contribution in [3.05, 3.63) is 68.7 Å². The molecule has 1 fully saturated rings. The van der Waals surface area contributed by atoms with Crippen molar-refractivity contribution in [1.82, 2.24) is 19.4 Å². The zero-order chi connectivity index (χ0) is 24.6. The number of anilines is 1. The van der Waals surface area contributed by atoms with Crippen molar-refractivity contribution in [1.29, 1.82) is 0 Å². The van der Waals surface area contributed by atoms with E-state index in [0.29, 0.717) is 36.5 Å². The van der Waals surface area contributed by atoms with Crippen LogP contribution in [0.1, 0.15) is 31.9 Å². The van der Waals surface area contributed by atoms with E-state index in [1.807, 2.05) is 30.0 Å². The number of carbonyl (C=O) groups is 1. The lowest BCUT2D eigenvalue weighted by molar-refractivity contribution is -0.126. The monoisotopic (exact) mass is 499 g/mol. The predicted molar refractivity (Wildman–Crippen MR) is 137 cm³/mol. The SMILES string of the molecule is C=CC(=O)N1CCN(c2nc(=O)n(-c3c(CC)cccc3CC)c3nc(Cl)c(Cl)cc23)[C@@H](C)C1. The summed E-state index contributed by atoms with van der Waals surface area (Å²) in [6.07, 6.45) is 2.81. The van der Waals surface area contributed by atoms with Crippen molar-refractivity contribution in [3.63, 3.8) is 0 Å². The molecular weight excluding hydrogens is 473 g/mol. The summed E-state index contributed by atoms with van der Waals surface area (Å²) in [6.45, 7) is 11.2. The fraction of sp³-hybridized carbons (Fsp3) is 0.360. The smallest absolute Gasteiger partial charge is 0.350 e. The molecule has 1 aromatic carbocycles. The molecule has 1 aliphatic rings. The number of nitrogens with zero attached hydrogens (tertiary/aromatic N) is 5. The van der Waals surface area contributed by atoms with Gasteiger partial charge in [-0.25, -0.2) is 14.3 Å². The molecule has 9 heteroatoms. The van der Waals surface area contributed by atoms with Gasteiger partial charge in [0.1, 0.15) is 11.0 Å². The van der Waals surface area contributed by atoms with Crippen molar-refractivity contribution in [2.45, 2.75) is 39.7 Å². The largest absolute Gasteiger partial charge is 0.355 e. The number of amides is 1.